The number of piperidine rings is 1. The monoisotopic (exact) mass is 474 g/mol. The average Bonchev–Trinajstić information content (AvgIpc) is 3.51. The van der Waals surface area contributed by atoms with Crippen LogP contribution < -0.4 is 10.2 Å². The summed E-state index contributed by atoms with van der Waals surface area (Å²) in [5, 5.41) is 12.2. The van der Waals surface area contributed by atoms with Crippen LogP contribution in [0.4, 0.5) is 18.9 Å². The van der Waals surface area contributed by atoms with Crippen molar-refractivity contribution in [1.82, 2.24) is 10.2 Å². The predicted octanol–water partition coefficient (Wildman–Crippen LogP) is 3.70. The van der Waals surface area contributed by atoms with Gasteiger partial charge < -0.3 is 15.1 Å². The van der Waals surface area contributed by atoms with Crippen molar-refractivity contribution < 1.29 is 22.8 Å². The van der Waals surface area contributed by atoms with E-state index in [1.54, 1.807) is 6.07 Å². The molecule has 182 valence electrons. The van der Waals surface area contributed by atoms with Gasteiger partial charge in [-0.3, -0.25) is 9.59 Å². The number of benzene rings is 1. The van der Waals surface area contributed by atoms with Gasteiger partial charge in [0.25, 0.3) is 0 Å². The zero-order chi connectivity index (χ0) is 24.1. The van der Waals surface area contributed by atoms with E-state index in [1.165, 1.54) is 12.1 Å². The molecular weight excluding hydrogens is 445 g/mol. The summed E-state index contributed by atoms with van der Waals surface area (Å²) in [6, 6.07) is 5.61. The third-order valence-corrected chi connectivity index (χ3v) is 8.21. The smallest absolute Gasteiger partial charge is 0.370 e. The second kappa shape index (κ2) is 8.47. The molecule has 6 nitrogen and oxygen atoms in total. The molecule has 1 N–H and O–H groups in total. The van der Waals surface area contributed by atoms with Crippen molar-refractivity contribution in [3.05, 3.63) is 29.3 Å². The molecular formula is C25H29F3N4O2. The molecule has 0 radical (unpaired) electrons. The Morgan fingerprint density at radius 2 is 1.82 bits per heavy atom. The second-order valence-corrected chi connectivity index (χ2v) is 10.4. The van der Waals surface area contributed by atoms with Gasteiger partial charge in [-0.2, -0.15) is 18.4 Å². The molecule has 2 aliphatic carbocycles. The van der Waals surface area contributed by atoms with Gasteiger partial charge in [-0.25, -0.2) is 0 Å². The van der Waals surface area contributed by atoms with Crippen molar-refractivity contribution in [2.24, 2.45) is 17.3 Å². The lowest BCUT2D eigenvalue weighted by atomic mass is 9.70. The van der Waals surface area contributed by atoms with Gasteiger partial charge in [0, 0.05) is 49.2 Å². The number of nitrogens with zero attached hydrogens (tertiary/aromatic N) is 3. The molecule has 1 atom stereocenters. The number of anilines is 1. The highest BCUT2D eigenvalue weighted by Crippen LogP contribution is 2.47. The number of hydrogen-bond acceptors (Lipinski definition) is 4. The van der Waals surface area contributed by atoms with Crippen LogP contribution in [-0.2, 0) is 15.8 Å². The first-order chi connectivity index (χ1) is 16.2. The van der Waals surface area contributed by atoms with E-state index in [0.29, 0.717) is 44.7 Å². The molecule has 9 heteroatoms. The second-order valence-electron chi connectivity index (χ2n) is 10.4. The first-order valence-electron chi connectivity index (χ1n) is 12.2. The molecule has 2 heterocycles. The highest BCUT2D eigenvalue weighted by molar-refractivity contribution is 5.82. The largest absolute Gasteiger partial charge is 0.417 e. The first-order valence-corrected chi connectivity index (χ1v) is 12.2. The van der Waals surface area contributed by atoms with Gasteiger partial charge in [0.05, 0.1) is 23.1 Å². The lowest BCUT2D eigenvalue weighted by Crippen LogP contribution is -2.51. The van der Waals surface area contributed by atoms with Crippen molar-refractivity contribution in [2.45, 2.75) is 57.2 Å². The van der Waals surface area contributed by atoms with Crippen molar-refractivity contribution in [2.75, 3.05) is 31.1 Å². The van der Waals surface area contributed by atoms with E-state index in [4.69, 9.17) is 5.26 Å². The molecule has 5 rings (SSSR count). The van der Waals surface area contributed by atoms with Crippen molar-refractivity contribution >= 4 is 17.5 Å². The summed E-state index contributed by atoms with van der Waals surface area (Å²) in [4.78, 5) is 29.7. The fourth-order valence-corrected chi connectivity index (χ4v) is 5.71. The van der Waals surface area contributed by atoms with E-state index < -0.39 is 17.3 Å². The number of rotatable bonds is 4. The number of hydrogen-bond donors (Lipinski definition) is 1. The van der Waals surface area contributed by atoms with Crippen LogP contribution in [-0.4, -0.2) is 48.9 Å². The maximum atomic E-state index is 13.6. The highest BCUT2D eigenvalue weighted by Gasteiger charge is 2.52. The fraction of sp³-hybridized carbons (Fsp3) is 0.640. The number of alkyl halides is 3. The minimum atomic E-state index is -4.63. The summed E-state index contributed by atoms with van der Waals surface area (Å²) in [5.74, 6) is -0.0492. The quantitative estimate of drug-likeness (QED) is 0.722. The summed E-state index contributed by atoms with van der Waals surface area (Å²) in [6.45, 7) is 1.96. The van der Waals surface area contributed by atoms with Gasteiger partial charge in [0.15, 0.2) is 0 Å². The Bertz CT molecular complexity index is 1020. The fourth-order valence-electron chi connectivity index (χ4n) is 5.71. The summed E-state index contributed by atoms with van der Waals surface area (Å²) in [7, 11) is 0. The first kappa shape index (κ1) is 23.0. The van der Waals surface area contributed by atoms with E-state index in [0.717, 1.165) is 38.2 Å². The molecule has 2 aliphatic heterocycles. The molecule has 2 amide bonds. The van der Waals surface area contributed by atoms with E-state index >= 15 is 0 Å². The van der Waals surface area contributed by atoms with Crippen molar-refractivity contribution in [3.8, 4) is 6.07 Å². The Morgan fingerprint density at radius 3 is 2.38 bits per heavy atom. The van der Waals surface area contributed by atoms with E-state index in [9.17, 15) is 22.8 Å². The lowest BCUT2D eigenvalue weighted by Gasteiger charge is -2.43. The van der Waals surface area contributed by atoms with Crippen LogP contribution in [0.3, 0.4) is 0 Å². The number of likely N-dealkylation sites (tertiary alicyclic amines) is 1. The average molecular weight is 475 g/mol. The number of carbonyl (C=O) groups excluding carboxylic acids is 2. The van der Waals surface area contributed by atoms with Crippen LogP contribution in [0.25, 0.3) is 0 Å². The summed E-state index contributed by atoms with van der Waals surface area (Å²) < 4.78 is 40.7. The van der Waals surface area contributed by atoms with Gasteiger partial charge in [-0.1, -0.05) is 6.42 Å². The summed E-state index contributed by atoms with van der Waals surface area (Å²) >= 11 is 0. The van der Waals surface area contributed by atoms with Gasteiger partial charge in [-0.15, -0.1) is 0 Å². The molecule has 2 saturated heterocycles. The molecule has 0 aromatic heterocycles. The summed E-state index contributed by atoms with van der Waals surface area (Å²) in [6.07, 6.45) is 1.60. The minimum absolute atomic E-state index is 0.0338. The minimum Gasteiger partial charge on any atom is -0.370 e. The Labute approximate surface area is 197 Å². The van der Waals surface area contributed by atoms with Crippen LogP contribution in [0.15, 0.2) is 18.2 Å². The van der Waals surface area contributed by atoms with E-state index in [1.807, 2.05) is 9.80 Å². The van der Waals surface area contributed by atoms with Crippen LogP contribution in [0.5, 0.6) is 0 Å². The van der Waals surface area contributed by atoms with Gasteiger partial charge >= 0.3 is 6.18 Å². The molecule has 4 aliphatic rings. The Hall–Kier alpha value is -2.76. The van der Waals surface area contributed by atoms with Gasteiger partial charge in [0.2, 0.25) is 11.8 Å². The highest BCUT2D eigenvalue weighted by atomic mass is 19.4. The maximum Gasteiger partial charge on any atom is 0.417 e. The van der Waals surface area contributed by atoms with Crippen LogP contribution >= 0.6 is 0 Å². The number of nitrogens with one attached hydrogen (secondary N) is 1. The van der Waals surface area contributed by atoms with E-state index in [-0.39, 0.29) is 35.1 Å². The molecule has 34 heavy (non-hydrogen) atoms. The SMILES string of the molecule is N#Cc1ccc(N2CC(C(=O)NC3CC3)C3(CCN(C(=O)C4CCC4)CC3)C2)cc1C(F)(F)F. The number of amides is 2. The molecule has 0 bridgehead atoms. The lowest BCUT2D eigenvalue weighted by molar-refractivity contribution is -0.141. The molecule has 2 saturated carbocycles. The predicted molar refractivity (Wildman–Crippen MR) is 119 cm³/mol. The number of halogens is 3. The zero-order valence-electron chi connectivity index (χ0n) is 19.0. The molecule has 1 aromatic carbocycles. The molecule has 1 aromatic rings. The Morgan fingerprint density at radius 1 is 1.12 bits per heavy atom. The van der Waals surface area contributed by atoms with Crippen molar-refractivity contribution in [3.63, 3.8) is 0 Å². The molecule has 1 unspecified atom stereocenters. The zero-order valence-corrected chi connectivity index (χ0v) is 19.0. The van der Waals surface area contributed by atoms with Crippen LogP contribution in [0, 0.1) is 28.6 Å². The standard InChI is InChI=1S/C25H29F3N4O2/c26-25(27,28)20-12-19(7-4-17(20)13-29)32-14-21(22(33)30-18-5-6-18)24(15-32)8-10-31(11-9-24)23(34)16-2-1-3-16/h4,7,12,16,18,21H,1-3,5-6,8-11,14-15H2,(H,30,33). The Kier molecular flexibility index (Phi) is 5.73. The molecule has 4 fully saturated rings. The number of carbonyl (C=O) groups is 2. The third kappa shape index (κ3) is 4.23. The van der Waals surface area contributed by atoms with Gasteiger partial charge in [-0.05, 0) is 56.7 Å². The van der Waals surface area contributed by atoms with Crippen LogP contribution in [0.1, 0.15) is 56.1 Å². The van der Waals surface area contributed by atoms with E-state index in [2.05, 4.69) is 5.32 Å². The Balaban J connectivity index is 1.38. The third-order valence-electron chi connectivity index (χ3n) is 8.21. The van der Waals surface area contributed by atoms with Crippen molar-refractivity contribution in [1.29, 1.82) is 5.26 Å². The van der Waals surface area contributed by atoms with Gasteiger partial charge in [0.1, 0.15) is 0 Å². The summed E-state index contributed by atoms with van der Waals surface area (Å²) in [5.41, 5.74) is -1.37. The topological polar surface area (TPSA) is 76.4 Å². The normalized spacial score (nSPS) is 24.6. The van der Waals surface area contributed by atoms with Crippen LogP contribution in [0.2, 0.25) is 0 Å². The maximum absolute atomic E-state index is 13.6. The number of nitriles is 1. The molecule has 1 spiro atoms.